The third-order valence-corrected chi connectivity index (χ3v) is 7.07. The minimum atomic E-state index is -0.452. The predicted octanol–water partition coefficient (Wildman–Crippen LogP) is 3.11. The highest BCUT2D eigenvalue weighted by atomic mass is 16.6. The minimum Gasteiger partial charge on any atom is -0.480 e. The molecule has 3 aliphatic rings. The molecule has 0 radical (unpaired) electrons. The van der Waals surface area contributed by atoms with Crippen molar-refractivity contribution in [3.63, 3.8) is 0 Å². The van der Waals surface area contributed by atoms with Crippen LogP contribution in [0.2, 0.25) is 0 Å². The first-order valence-corrected chi connectivity index (χ1v) is 13.7. The van der Waals surface area contributed by atoms with E-state index in [1.165, 1.54) is 4.90 Å². The second kappa shape index (κ2) is 11.9. The smallest absolute Gasteiger partial charge is 0.415 e. The van der Waals surface area contributed by atoms with Gasteiger partial charge in [-0.2, -0.15) is 0 Å². The average molecular weight is 545 g/mol. The largest absolute Gasteiger partial charge is 0.480 e. The number of nitrogens with one attached hydrogen (secondary N) is 3. The molecule has 2 fully saturated rings. The van der Waals surface area contributed by atoms with Crippen LogP contribution in [0.3, 0.4) is 0 Å². The van der Waals surface area contributed by atoms with Gasteiger partial charge in [-0.3, -0.25) is 9.69 Å². The van der Waals surface area contributed by atoms with Crippen LogP contribution >= 0.6 is 0 Å². The Bertz CT molecular complexity index is 1380. The molecule has 1 unspecified atom stereocenters. The summed E-state index contributed by atoms with van der Waals surface area (Å²) >= 11 is 0. The summed E-state index contributed by atoms with van der Waals surface area (Å²) in [5.74, 6) is 1.58. The van der Waals surface area contributed by atoms with Crippen molar-refractivity contribution >= 4 is 23.6 Å². The van der Waals surface area contributed by atoms with Gasteiger partial charge >= 0.3 is 6.09 Å². The molecule has 6 rings (SSSR count). The summed E-state index contributed by atoms with van der Waals surface area (Å²) in [5.41, 5.74) is 3.05. The van der Waals surface area contributed by atoms with Gasteiger partial charge in [0.05, 0.1) is 12.2 Å². The van der Waals surface area contributed by atoms with Crippen molar-refractivity contribution < 1.29 is 23.8 Å². The Hall–Kier alpha value is -4.22. The van der Waals surface area contributed by atoms with Gasteiger partial charge in [0.2, 0.25) is 5.88 Å². The lowest BCUT2D eigenvalue weighted by Crippen LogP contribution is -2.37. The molecule has 2 atom stereocenters. The van der Waals surface area contributed by atoms with E-state index in [-0.39, 0.29) is 24.7 Å². The number of benzene rings is 1. The van der Waals surface area contributed by atoms with E-state index in [2.05, 4.69) is 39.1 Å². The molecule has 208 valence electrons. The minimum absolute atomic E-state index is 0.0450. The Kier molecular flexibility index (Phi) is 7.73. The zero-order valence-corrected chi connectivity index (χ0v) is 22.1. The van der Waals surface area contributed by atoms with Gasteiger partial charge in [0.1, 0.15) is 18.0 Å². The second-order valence-corrected chi connectivity index (χ2v) is 10.1. The van der Waals surface area contributed by atoms with Gasteiger partial charge in [0.25, 0.3) is 5.91 Å². The van der Waals surface area contributed by atoms with Gasteiger partial charge in [-0.05, 0) is 62.2 Å². The van der Waals surface area contributed by atoms with E-state index in [9.17, 15) is 9.59 Å². The SMILES string of the molecule is O=C1COc2ccc(N3C[C@H](CCNCc4cccc(-c5cccc(OC6CCCNC6)n5)c4)OC3=O)nc2N1. The summed E-state index contributed by atoms with van der Waals surface area (Å²) in [4.78, 5) is 34.7. The normalized spacial score (nSPS) is 20.4. The maximum Gasteiger partial charge on any atom is 0.415 e. The van der Waals surface area contributed by atoms with Crippen molar-refractivity contribution in [2.45, 2.75) is 38.0 Å². The molecule has 2 saturated heterocycles. The van der Waals surface area contributed by atoms with Crippen LogP contribution in [0.15, 0.2) is 54.6 Å². The van der Waals surface area contributed by atoms with Gasteiger partial charge < -0.3 is 30.2 Å². The van der Waals surface area contributed by atoms with Crippen LogP contribution in [0.25, 0.3) is 11.3 Å². The number of hydrogen-bond acceptors (Lipinski definition) is 9. The second-order valence-electron chi connectivity index (χ2n) is 10.1. The molecule has 0 spiro atoms. The van der Waals surface area contributed by atoms with Crippen LogP contribution in [-0.4, -0.2) is 67.0 Å². The molecule has 0 aliphatic carbocycles. The first-order chi connectivity index (χ1) is 19.6. The molecule has 3 aliphatic heterocycles. The molecule has 5 heterocycles. The van der Waals surface area contributed by atoms with E-state index in [1.54, 1.807) is 12.1 Å². The van der Waals surface area contributed by atoms with Crippen LogP contribution in [-0.2, 0) is 16.1 Å². The highest BCUT2D eigenvalue weighted by Crippen LogP contribution is 2.30. The fourth-order valence-electron chi connectivity index (χ4n) is 5.03. The number of pyridine rings is 2. The number of piperidine rings is 1. The third-order valence-electron chi connectivity index (χ3n) is 7.07. The highest BCUT2D eigenvalue weighted by Gasteiger charge is 2.33. The van der Waals surface area contributed by atoms with Gasteiger partial charge in [-0.25, -0.2) is 14.8 Å². The molecular formula is C29H32N6O5. The fourth-order valence-corrected chi connectivity index (χ4v) is 5.03. The van der Waals surface area contributed by atoms with Crippen molar-refractivity contribution in [3.8, 4) is 22.9 Å². The number of carbonyl (C=O) groups is 2. The van der Waals surface area contributed by atoms with Crippen LogP contribution in [0.5, 0.6) is 11.6 Å². The average Bonchev–Trinajstić information content (AvgIpc) is 3.36. The predicted molar refractivity (Wildman–Crippen MR) is 148 cm³/mol. The van der Waals surface area contributed by atoms with Crippen LogP contribution in [0, 0.1) is 0 Å². The van der Waals surface area contributed by atoms with Crippen LogP contribution < -0.4 is 30.3 Å². The fraction of sp³-hybridized carbons (Fsp3) is 0.379. The Morgan fingerprint density at radius 1 is 1.10 bits per heavy atom. The molecule has 11 nitrogen and oxygen atoms in total. The summed E-state index contributed by atoms with van der Waals surface area (Å²) < 4.78 is 17.0. The number of aromatic nitrogens is 2. The van der Waals surface area contributed by atoms with Crippen LogP contribution in [0.4, 0.5) is 16.4 Å². The van der Waals surface area contributed by atoms with Crippen molar-refractivity contribution in [1.29, 1.82) is 0 Å². The number of carbonyl (C=O) groups excluding carboxylic acids is 2. The maximum absolute atomic E-state index is 12.5. The monoisotopic (exact) mass is 544 g/mol. The summed E-state index contributed by atoms with van der Waals surface area (Å²) in [7, 11) is 0. The standard InChI is InChI=1S/C29H32N6O5/c36-26-18-38-24-9-10-25(33-28(24)34-26)35-17-22(40-29(35)37)11-13-31-15-19-4-1-5-20(14-19)23-7-2-8-27(32-23)39-21-6-3-12-30-16-21/h1-2,4-5,7-10,14,21-22,30-31H,3,6,11-13,15-18H2,(H,33,34,36)/t21?,22-/m0/s1. The molecule has 3 aromatic rings. The quantitative estimate of drug-likeness (QED) is 0.348. The third kappa shape index (κ3) is 6.16. The summed E-state index contributed by atoms with van der Waals surface area (Å²) in [6.07, 6.45) is 2.25. The van der Waals surface area contributed by atoms with Gasteiger partial charge in [0.15, 0.2) is 18.2 Å². The molecular weight excluding hydrogens is 512 g/mol. The van der Waals surface area contributed by atoms with Crippen LogP contribution in [0.1, 0.15) is 24.8 Å². The Balaban J connectivity index is 0.996. The number of ether oxygens (including phenoxy) is 3. The Labute approximate surface area is 232 Å². The molecule has 0 bridgehead atoms. The molecule has 2 aromatic heterocycles. The molecule has 11 heteroatoms. The van der Waals surface area contributed by atoms with Crippen molar-refractivity contribution in [2.75, 3.05) is 43.0 Å². The lowest BCUT2D eigenvalue weighted by Gasteiger charge is -2.23. The summed E-state index contributed by atoms with van der Waals surface area (Å²) in [6, 6.07) is 17.6. The molecule has 40 heavy (non-hydrogen) atoms. The number of fused-ring (bicyclic) bond motifs is 1. The first-order valence-electron chi connectivity index (χ1n) is 13.7. The number of anilines is 2. The van der Waals surface area contributed by atoms with Gasteiger partial charge in [-0.1, -0.05) is 24.3 Å². The van der Waals surface area contributed by atoms with Crippen molar-refractivity contribution in [1.82, 2.24) is 20.6 Å². The van der Waals surface area contributed by atoms with Gasteiger partial charge in [-0.15, -0.1) is 0 Å². The first kappa shape index (κ1) is 26.0. The van der Waals surface area contributed by atoms with E-state index in [4.69, 9.17) is 19.2 Å². The summed E-state index contributed by atoms with van der Waals surface area (Å²) in [5, 5.41) is 9.48. The zero-order chi connectivity index (χ0) is 27.3. The summed E-state index contributed by atoms with van der Waals surface area (Å²) in [6.45, 7) is 3.59. The number of amides is 2. The molecule has 3 N–H and O–H groups in total. The van der Waals surface area contributed by atoms with E-state index in [0.29, 0.717) is 49.3 Å². The number of rotatable bonds is 9. The van der Waals surface area contributed by atoms with E-state index < -0.39 is 6.09 Å². The van der Waals surface area contributed by atoms with E-state index >= 15 is 0 Å². The lowest BCUT2D eigenvalue weighted by atomic mass is 10.1. The Morgan fingerprint density at radius 2 is 2.02 bits per heavy atom. The van der Waals surface area contributed by atoms with Crippen molar-refractivity contribution in [3.05, 3.63) is 60.2 Å². The van der Waals surface area contributed by atoms with Gasteiger partial charge in [0, 0.05) is 24.7 Å². The topological polar surface area (TPSA) is 127 Å². The molecule has 2 amide bonds. The maximum atomic E-state index is 12.5. The zero-order valence-electron chi connectivity index (χ0n) is 22.1. The van der Waals surface area contributed by atoms with E-state index in [0.717, 1.165) is 42.8 Å². The highest BCUT2D eigenvalue weighted by molar-refractivity contribution is 5.95. The number of nitrogens with zero attached hydrogens (tertiary/aromatic N) is 3. The van der Waals surface area contributed by atoms with E-state index in [1.807, 2.05) is 24.3 Å². The number of hydrogen-bond donors (Lipinski definition) is 3. The number of cyclic esters (lactones) is 1. The Morgan fingerprint density at radius 3 is 2.92 bits per heavy atom. The molecule has 0 saturated carbocycles. The van der Waals surface area contributed by atoms with Crippen molar-refractivity contribution in [2.24, 2.45) is 0 Å². The molecule has 1 aromatic carbocycles. The lowest BCUT2D eigenvalue weighted by molar-refractivity contribution is -0.118.